The van der Waals surface area contributed by atoms with Crippen molar-refractivity contribution >= 4 is 32.7 Å². The lowest BCUT2D eigenvalue weighted by atomic mass is 10.0. The Morgan fingerprint density at radius 2 is 1.97 bits per heavy atom. The number of amides is 1. The molecule has 9 nitrogen and oxygen atoms in total. The Morgan fingerprint density at radius 3 is 2.66 bits per heavy atom. The zero-order valence-electron chi connectivity index (χ0n) is 18.6. The molecule has 0 radical (unpaired) electrons. The SMILES string of the molecule is CCN(CC)S(=O)(=O)c1ccc2c(c1)CCCN2C(=O)c1c(C)oc2ncn(C)c(=O)c12. The minimum absolute atomic E-state index is 0.131. The second-order valence-corrected chi connectivity index (χ2v) is 9.75. The van der Waals surface area contributed by atoms with Crippen molar-refractivity contribution in [3.63, 3.8) is 0 Å². The van der Waals surface area contributed by atoms with Gasteiger partial charge in [0.25, 0.3) is 11.5 Å². The zero-order chi connectivity index (χ0) is 23.2. The molecule has 32 heavy (non-hydrogen) atoms. The number of fused-ring (bicyclic) bond motifs is 2. The Morgan fingerprint density at radius 1 is 1.25 bits per heavy atom. The number of carbonyl (C=O) groups is 1. The summed E-state index contributed by atoms with van der Waals surface area (Å²) in [5.41, 5.74) is 1.41. The van der Waals surface area contributed by atoms with Crippen molar-refractivity contribution in [1.29, 1.82) is 0 Å². The molecule has 0 spiro atoms. The lowest BCUT2D eigenvalue weighted by Crippen LogP contribution is -2.36. The fourth-order valence-corrected chi connectivity index (χ4v) is 5.75. The quantitative estimate of drug-likeness (QED) is 0.582. The van der Waals surface area contributed by atoms with E-state index in [9.17, 15) is 18.0 Å². The summed E-state index contributed by atoms with van der Waals surface area (Å²) in [5, 5.41) is 0.158. The van der Waals surface area contributed by atoms with E-state index in [-0.39, 0.29) is 33.0 Å². The Balaban J connectivity index is 1.79. The van der Waals surface area contributed by atoms with Gasteiger partial charge in [-0.25, -0.2) is 13.4 Å². The van der Waals surface area contributed by atoms with Crippen molar-refractivity contribution in [3.8, 4) is 0 Å². The first-order valence-electron chi connectivity index (χ1n) is 10.6. The van der Waals surface area contributed by atoms with E-state index in [2.05, 4.69) is 4.98 Å². The summed E-state index contributed by atoms with van der Waals surface area (Å²) in [5.74, 6) is -0.0275. The number of hydrogen-bond donors (Lipinski definition) is 0. The molecule has 10 heteroatoms. The number of rotatable bonds is 5. The minimum atomic E-state index is -3.60. The van der Waals surface area contributed by atoms with E-state index in [4.69, 9.17) is 4.42 Å². The highest BCUT2D eigenvalue weighted by molar-refractivity contribution is 7.89. The molecule has 0 bridgehead atoms. The van der Waals surface area contributed by atoms with Gasteiger partial charge in [-0.1, -0.05) is 13.8 Å². The van der Waals surface area contributed by atoms with Crippen LogP contribution in [-0.2, 0) is 23.5 Å². The molecule has 4 rings (SSSR count). The Kier molecular flexibility index (Phi) is 5.68. The average molecular weight is 459 g/mol. The third-order valence-electron chi connectivity index (χ3n) is 5.92. The fourth-order valence-electron chi connectivity index (χ4n) is 4.24. The maximum atomic E-state index is 13.6. The van der Waals surface area contributed by atoms with Gasteiger partial charge in [-0.15, -0.1) is 0 Å². The Labute approximate surface area is 186 Å². The van der Waals surface area contributed by atoms with Crippen molar-refractivity contribution in [2.45, 2.75) is 38.5 Å². The summed E-state index contributed by atoms with van der Waals surface area (Å²) in [6.07, 6.45) is 2.70. The number of nitrogens with zero attached hydrogens (tertiary/aromatic N) is 4. The largest absolute Gasteiger partial charge is 0.442 e. The van der Waals surface area contributed by atoms with Gasteiger partial charge >= 0.3 is 0 Å². The van der Waals surface area contributed by atoms with Gasteiger partial charge in [0, 0.05) is 32.4 Å². The van der Waals surface area contributed by atoms with Gasteiger partial charge in [0.05, 0.1) is 10.5 Å². The number of sulfonamides is 1. The van der Waals surface area contributed by atoms with E-state index >= 15 is 0 Å². The Hall–Kier alpha value is -2.98. The average Bonchev–Trinajstić information content (AvgIpc) is 3.12. The molecule has 1 amide bonds. The van der Waals surface area contributed by atoms with Gasteiger partial charge in [-0.3, -0.25) is 9.59 Å². The third-order valence-corrected chi connectivity index (χ3v) is 7.97. The molecule has 0 N–H and O–H groups in total. The molecule has 3 heterocycles. The summed E-state index contributed by atoms with van der Waals surface area (Å²) in [6, 6.07) is 4.87. The summed E-state index contributed by atoms with van der Waals surface area (Å²) in [7, 11) is -2.03. The number of benzene rings is 1. The minimum Gasteiger partial charge on any atom is -0.442 e. The summed E-state index contributed by atoms with van der Waals surface area (Å²) >= 11 is 0. The molecule has 1 aliphatic rings. The molecule has 1 aromatic carbocycles. The predicted molar refractivity (Wildman–Crippen MR) is 121 cm³/mol. The Bertz CT molecular complexity index is 1370. The molecular weight excluding hydrogens is 432 g/mol. The van der Waals surface area contributed by atoms with Crippen LogP contribution in [0, 0.1) is 6.92 Å². The fraction of sp³-hybridized carbons (Fsp3) is 0.409. The first-order chi connectivity index (χ1) is 15.2. The van der Waals surface area contributed by atoms with Crippen molar-refractivity contribution in [1.82, 2.24) is 13.9 Å². The number of carbonyl (C=O) groups excluding carboxylic acids is 1. The van der Waals surface area contributed by atoms with Crippen LogP contribution < -0.4 is 10.5 Å². The van der Waals surface area contributed by atoms with E-state index in [0.29, 0.717) is 43.9 Å². The molecule has 170 valence electrons. The highest BCUT2D eigenvalue weighted by Crippen LogP contribution is 2.33. The number of aromatic nitrogens is 2. The maximum Gasteiger partial charge on any atom is 0.265 e. The van der Waals surface area contributed by atoms with Crippen LogP contribution in [0.3, 0.4) is 0 Å². The van der Waals surface area contributed by atoms with Crippen LogP contribution in [0.4, 0.5) is 5.69 Å². The molecule has 0 saturated carbocycles. The van der Waals surface area contributed by atoms with Gasteiger partial charge in [-0.2, -0.15) is 4.31 Å². The molecule has 0 saturated heterocycles. The highest BCUT2D eigenvalue weighted by Gasteiger charge is 2.31. The van der Waals surface area contributed by atoms with Gasteiger partial charge in [0.15, 0.2) is 0 Å². The van der Waals surface area contributed by atoms with Crippen LogP contribution in [0.5, 0.6) is 0 Å². The van der Waals surface area contributed by atoms with E-state index in [1.54, 1.807) is 50.9 Å². The normalized spacial score (nSPS) is 14.2. The number of hydrogen-bond acceptors (Lipinski definition) is 6. The molecule has 0 aliphatic carbocycles. The molecule has 1 aliphatic heterocycles. The predicted octanol–water partition coefficient (Wildman–Crippen LogP) is 2.46. The van der Waals surface area contributed by atoms with E-state index in [0.717, 1.165) is 5.56 Å². The molecule has 3 aromatic rings. The zero-order valence-corrected chi connectivity index (χ0v) is 19.4. The topological polar surface area (TPSA) is 106 Å². The lowest BCUT2D eigenvalue weighted by molar-refractivity contribution is 0.0985. The first-order valence-corrected chi connectivity index (χ1v) is 12.0. The number of aryl methyl sites for hydroxylation is 3. The van der Waals surface area contributed by atoms with Gasteiger partial charge in [0.2, 0.25) is 15.7 Å². The number of furan rings is 1. The molecule has 2 aromatic heterocycles. The van der Waals surface area contributed by atoms with Crippen molar-refractivity contribution < 1.29 is 17.6 Å². The van der Waals surface area contributed by atoms with Gasteiger partial charge in [-0.05, 0) is 43.5 Å². The first kappa shape index (κ1) is 22.2. The van der Waals surface area contributed by atoms with E-state index in [1.165, 1.54) is 15.2 Å². The second-order valence-electron chi connectivity index (χ2n) is 7.81. The van der Waals surface area contributed by atoms with Crippen molar-refractivity contribution in [2.24, 2.45) is 7.05 Å². The molecule has 0 fully saturated rings. The molecular formula is C22H26N4O5S. The van der Waals surface area contributed by atoms with Gasteiger partial charge < -0.3 is 13.9 Å². The van der Waals surface area contributed by atoms with Crippen LogP contribution in [0.15, 0.2) is 38.6 Å². The summed E-state index contributed by atoms with van der Waals surface area (Å²) in [6.45, 7) is 6.47. The van der Waals surface area contributed by atoms with E-state index < -0.39 is 10.0 Å². The maximum absolute atomic E-state index is 13.6. The van der Waals surface area contributed by atoms with Crippen LogP contribution in [0.25, 0.3) is 11.1 Å². The highest BCUT2D eigenvalue weighted by atomic mass is 32.2. The van der Waals surface area contributed by atoms with Gasteiger partial charge in [0.1, 0.15) is 17.5 Å². The van der Waals surface area contributed by atoms with Crippen LogP contribution in [-0.4, -0.2) is 47.8 Å². The van der Waals surface area contributed by atoms with Crippen molar-refractivity contribution in [3.05, 3.63) is 51.8 Å². The smallest absolute Gasteiger partial charge is 0.265 e. The molecule has 0 atom stereocenters. The monoisotopic (exact) mass is 458 g/mol. The lowest BCUT2D eigenvalue weighted by Gasteiger charge is -2.30. The van der Waals surface area contributed by atoms with E-state index in [1.807, 2.05) is 0 Å². The second kappa shape index (κ2) is 8.18. The number of anilines is 1. The summed E-state index contributed by atoms with van der Waals surface area (Å²) < 4.78 is 34.2. The van der Waals surface area contributed by atoms with Crippen molar-refractivity contribution in [2.75, 3.05) is 24.5 Å². The summed E-state index contributed by atoms with van der Waals surface area (Å²) in [4.78, 5) is 32.2. The van der Waals surface area contributed by atoms with Crippen LogP contribution in [0.2, 0.25) is 0 Å². The van der Waals surface area contributed by atoms with Crippen LogP contribution >= 0.6 is 0 Å². The molecule has 0 unspecified atom stereocenters. The standard InChI is InChI=1S/C22H26N4O5S/c1-5-25(6-2)32(29,30)16-9-10-17-15(12-16)8-7-11-26(17)22(28)18-14(3)31-20-19(18)21(27)24(4)13-23-20/h9-10,12-13H,5-8,11H2,1-4H3. The third kappa shape index (κ3) is 3.43. The van der Waals surface area contributed by atoms with Crippen LogP contribution in [0.1, 0.15) is 41.9 Å².